The van der Waals surface area contributed by atoms with Crippen molar-refractivity contribution in [2.45, 2.75) is 32.7 Å². The number of aromatic nitrogens is 4. The molecule has 1 aromatic carbocycles. The summed E-state index contributed by atoms with van der Waals surface area (Å²) in [7, 11) is 2.21. The largest absolute Gasteiger partial charge is 0.368 e. The van der Waals surface area contributed by atoms with Crippen LogP contribution in [0.25, 0.3) is 22.0 Å². The Bertz CT molecular complexity index is 1300. The molecule has 0 amide bonds. The summed E-state index contributed by atoms with van der Waals surface area (Å²) in [6.07, 6.45) is 7.80. The van der Waals surface area contributed by atoms with Crippen molar-refractivity contribution in [3.05, 3.63) is 72.4 Å². The van der Waals surface area contributed by atoms with Crippen LogP contribution in [0.15, 0.2) is 61.2 Å². The molecule has 7 nitrogen and oxygen atoms in total. The molecular weight excluding hydrogens is 446 g/mol. The monoisotopic (exact) mass is 483 g/mol. The summed E-state index contributed by atoms with van der Waals surface area (Å²) in [6, 6.07) is 13.1. The van der Waals surface area contributed by atoms with E-state index in [9.17, 15) is 0 Å². The number of benzene rings is 1. The molecular formula is C29H37N7. The second kappa shape index (κ2) is 9.99. The predicted octanol–water partition coefficient (Wildman–Crippen LogP) is 4.28. The lowest BCUT2D eigenvalue weighted by Gasteiger charge is -2.34. The van der Waals surface area contributed by atoms with Gasteiger partial charge in [0.25, 0.3) is 0 Å². The molecule has 0 spiro atoms. The molecule has 1 unspecified atom stereocenters. The zero-order valence-corrected chi connectivity index (χ0v) is 21.9. The minimum Gasteiger partial charge on any atom is -0.368 e. The van der Waals surface area contributed by atoms with Crippen LogP contribution in [0.3, 0.4) is 0 Å². The Morgan fingerprint density at radius 3 is 2.25 bits per heavy atom. The van der Waals surface area contributed by atoms with Crippen LogP contribution in [0, 0.1) is 5.92 Å². The fourth-order valence-electron chi connectivity index (χ4n) is 5.27. The lowest BCUT2D eigenvalue weighted by Crippen LogP contribution is -2.45. The van der Waals surface area contributed by atoms with E-state index in [1.165, 1.54) is 16.5 Å². The van der Waals surface area contributed by atoms with Gasteiger partial charge in [0, 0.05) is 91.5 Å². The number of likely N-dealkylation sites (N-methyl/N-ethyl adjacent to an activating group) is 1. The number of para-hydroxylation sites is 1. The van der Waals surface area contributed by atoms with Crippen LogP contribution in [0.4, 0.5) is 5.95 Å². The number of pyridine rings is 1. The second-order valence-electron chi connectivity index (χ2n) is 10.5. The number of hydrogen-bond acceptors (Lipinski definition) is 6. The van der Waals surface area contributed by atoms with Gasteiger partial charge in [0.1, 0.15) is 0 Å². The SMILES string of the molecule is CC(C)C(C)(c1ccc(-c2cnc(N)nc2)cn1)c1cn(CCN2CCN(C)CC2)c2ccccc12. The van der Waals surface area contributed by atoms with Gasteiger partial charge in [0.05, 0.1) is 5.69 Å². The Morgan fingerprint density at radius 2 is 1.58 bits per heavy atom. The zero-order valence-electron chi connectivity index (χ0n) is 21.9. The summed E-state index contributed by atoms with van der Waals surface area (Å²) in [6.45, 7) is 13.5. The molecule has 1 fully saturated rings. The maximum absolute atomic E-state index is 5.66. The van der Waals surface area contributed by atoms with E-state index in [-0.39, 0.29) is 11.4 Å². The van der Waals surface area contributed by atoms with Gasteiger partial charge < -0.3 is 15.2 Å². The normalized spacial score (nSPS) is 17.0. The quantitative estimate of drug-likeness (QED) is 0.423. The number of fused-ring (bicyclic) bond motifs is 1. The average molecular weight is 484 g/mol. The molecule has 5 rings (SSSR count). The standard InChI is InChI=1S/C29H37N7/c1-21(2)29(3,27-10-9-22(17-31-27)23-18-32-28(30)33-19-23)25-20-36(26-8-6-5-7-24(25)26)16-15-35-13-11-34(4)12-14-35/h5-10,17-21H,11-16H2,1-4H3,(H2,30,32,33). The molecule has 0 radical (unpaired) electrons. The minimum absolute atomic E-state index is 0.241. The Morgan fingerprint density at radius 1 is 0.889 bits per heavy atom. The van der Waals surface area contributed by atoms with Crippen LogP contribution in [-0.4, -0.2) is 69.1 Å². The first-order valence-electron chi connectivity index (χ1n) is 12.9. The lowest BCUT2D eigenvalue weighted by atomic mass is 9.70. The van der Waals surface area contributed by atoms with E-state index < -0.39 is 0 Å². The van der Waals surface area contributed by atoms with Crippen LogP contribution in [-0.2, 0) is 12.0 Å². The van der Waals surface area contributed by atoms with E-state index in [2.05, 4.69) is 94.7 Å². The third-order valence-electron chi connectivity index (χ3n) is 8.06. The van der Waals surface area contributed by atoms with Gasteiger partial charge in [-0.3, -0.25) is 9.88 Å². The van der Waals surface area contributed by atoms with Gasteiger partial charge in [-0.1, -0.05) is 38.1 Å². The highest BCUT2D eigenvalue weighted by Gasteiger charge is 2.36. The van der Waals surface area contributed by atoms with Crippen molar-refractivity contribution in [1.29, 1.82) is 0 Å². The van der Waals surface area contributed by atoms with E-state index in [4.69, 9.17) is 10.7 Å². The summed E-state index contributed by atoms with van der Waals surface area (Å²) >= 11 is 0. The van der Waals surface area contributed by atoms with E-state index in [0.29, 0.717) is 5.92 Å². The molecule has 188 valence electrons. The number of nitrogens with zero attached hydrogens (tertiary/aromatic N) is 6. The maximum Gasteiger partial charge on any atom is 0.219 e. The Hall–Kier alpha value is -3.29. The molecule has 4 aromatic rings. The van der Waals surface area contributed by atoms with Gasteiger partial charge in [0.15, 0.2) is 0 Å². The third kappa shape index (κ3) is 4.61. The number of piperazine rings is 1. The summed E-state index contributed by atoms with van der Waals surface area (Å²) in [5.74, 6) is 0.632. The highest BCUT2D eigenvalue weighted by Crippen LogP contribution is 2.42. The smallest absolute Gasteiger partial charge is 0.219 e. The molecule has 0 aliphatic carbocycles. The molecule has 2 N–H and O–H groups in total. The highest BCUT2D eigenvalue weighted by atomic mass is 15.3. The van der Waals surface area contributed by atoms with Gasteiger partial charge in [0.2, 0.25) is 5.95 Å². The number of hydrogen-bond donors (Lipinski definition) is 1. The van der Waals surface area contributed by atoms with Crippen molar-refractivity contribution in [2.75, 3.05) is 45.5 Å². The first-order valence-corrected chi connectivity index (χ1v) is 12.9. The van der Waals surface area contributed by atoms with Crippen molar-refractivity contribution in [3.8, 4) is 11.1 Å². The van der Waals surface area contributed by atoms with Gasteiger partial charge in [-0.25, -0.2) is 9.97 Å². The Kier molecular flexibility index (Phi) is 6.77. The number of anilines is 1. The maximum atomic E-state index is 5.66. The first kappa shape index (κ1) is 24.4. The summed E-state index contributed by atoms with van der Waals surface area (Å²) in [5.41, 5.74) is 11.0. The molecule has 0 bridgehead atoms. The van der Waals surface area contributed by atoms with Crippen molar-refractivity contribution in [2.24, 2.45) is 5.92 Å². The first-order chi connectivity index (χ1) is 17.4. The van der Waals surface area contributed by atoms with Gasteiger partial charge in [-0.15, -0.1) is 0 Å². The topological polar surface area (TPSA) is 76.1 Å². The molecule has 1 aliphatic rings. The fourth-order valence-corrected chi connectivity index (χ4v) is 5.27. The van der Waals surface area contributed by atoms with Gasteiger partial charge in [-0.05, 0) is 37.6 Å². The third-order valence-corrected chi connectivity index (χ3v) is 8.06. The molecule has 0 saturated carbocycles. The van der Waals surface area contributed by atoms with Crippen molar-refractivity contribution >= 4 is 16.9 Å². The van der Waals surface area contributed by atoms with Crippen molar-refractivity contribution in [3.63, 3.8) is 0 Å². The molecule has 36 heavy (non-hydrogen) atoms. The van der Waals surface area contributed by atoms with E-state index in [1.54, 1.807) is 12.4 Å². The molecule has 7 heteroatoms. The average Bonchev–Trinajstić information content (AvgIpc) is 3.27. The Balaban J connectivity index is 1.48. The predicted molar refractivity (Wildman–Crippen MR) is 147 cm³/mol. The zero-order chi connectivity index (χ0) is 25.3. The molecule has 1 aliphatic heterocycles. The van der Waals surface area contributed by atoms with Crippen LogP contribution in [0.1, 0.15) is 32.0 Å². The van der Waals surface area contributed by atoms with Crippen molar-refractivity contribution in [1.82, 2.24) is 29.3 Å². The van der Waals surface area contributed by atoms with Crippen LogP contribution < -0.4 is 5.73 Å². The number of nitrogens with two attached hydrogens (primary N) is 1. The van der Waals surface area contributed by atoms with Crippen molar-refractivity contribution < 1.29 is 0 Å². The highest BCUT2D eigenvalue weighted by molar-refractivity contribution is 5.85. The molecule has 1 saturated heterocycles. The lowest BCUT2D eigenvalue weighted by molar-refractivity contribution is 0.150. The Labute approximate surface area is 214 Å². The number of rotatable bonds is 7. The van der Waals surface area contributed by atoms with E-state index in [0.717, 1.165) is 56.1 Å². The van der Waals surface area contributed by atoms with Gasteiger partial charge in [-0.2, -0.15) is 0 Å². The summed E-state index contributed by atoms with van der Waals surface area (Å²) in [4.78, 5) is 18.2. The van der Waals surface area contributed by atoms with E-state index in [1.807, 2.05) is 6.20 Å². The second-order valence-corrected chi connectivity index (χ2v) is 10.5. The molecule has 4 heterocycles. The summed E-state index contributed by atoms with van der Waals surface area (Å²) in [5, 5.41) is 1.31. The van der Waals surface area contributed by atoms with Crippen LogP contribution >= 0.6 is 0 Å². The van der Waals surface area contributed by atoms with E-state index >= 15 is 0 Å². The summed E-state index contributed by atoms with van der Waals surface area (Å²) < 4.78 is 2.45. The molecule has 1 atom stereocenters. The number of nitrogen functional groups attached to an aromatic ring is 1. The van der Waals surface area contributed by atoms with Crippen LogP contribution in [0.2, 0.25) is 0 Å². The fraction of sp³-hybridized carbons (Fsp3) is 0.414. The minimum atomic E-state index is -0.241. The van der Waals surface area contributed by atoms with Crippen LogP contribution in [0.5, 0.6) is 0 Å². The van der Waals surface area contributed by atoms with Gasteiger partial charge >= 0.3 is 0 Å². The molecule has 3 aromatic heterocycles.